The maximum atomic E-state index is 15.1. The highest BCUT2D eigenvalue weighted by Crippen LogP contribution is 2.52. The van der Waals surface area contributed by atoms with E-state index in [-0.39, 0.29) is 60.6 Å². The van der Waals surface area contributed by atoms with Gasteiger partial charge in [0.25, 0.3) is 0 Å². The Morgan fingerprint density at radius 3 is 2.45 bits per heavy atom. The Balaban J connectivity index is 1.42. The van der Waals surface area contributed by atoms with Gasteiger partial charge >= 0.3 is 11.9 Å². The number of likely N-dealkylation sites (tertiary alicyclic amines) is 1. The smallest absolute Gasteiger partial charge is 0.331 e. The summed E-state index contributed by atoms with van der Waals surface area (Å²) in [7, 11) is 2.13. The lowest BCUT2D eigenvalue weighted by atomic mass is 9.84. The van der Waals surface area contributed by atoms with Crippen LogP contribution in [0.1, 0.15) is 96.5 Å². The summed E-state index contributed by atoms with van der Waals surface area (Å²) < 4.78 is -1.39. The standard InChI is InChI=1S/C44H62N6O7S3/c1-29(2)24-32(42(54)55)46-41(53)34(25-30-12-6-4-7-13-30)50(39(51)18-22-49-35-27-45-20-17-36(35)58-28-40(49)52)47-38(26-31-14-8-5-9-15-31)44(43(56)57)59-23-19-37(60-44)33-16-10-11-21-48(33)3/h4,6-7,12-13,17,20,27,29,31-34,37-38,47H,5,8-11,14-16,18-19,21-26,28H2,1-3H3,(H,46,53)(H,54,55)(H,56,57)/t32-,33?,34-,37?,38?,44?/m0/s1. The zero-order valence-electron chi connectivity index (χ0n) is 35.1. The average Bonchev–Trinajstić information content (AvgIpc) is 3.24. The van der Waals surface area contributed by atoms with E-state index in [4.69, 9.17) is 0 Å². The van der Waals surface area contributed by atoms with Gasteiger partial charge in [0.2, 0.25) is 17.7 Å². The van der Waals surface area contributed by atoms with Crippen LogP contribution in [0.15, 0.2) is 53.7 Å². The van der Waals surface area contributed by atoms with Gasteiger partial charge in [0.1, 0.15) is 12.1 Å². The topological polar surface area (TPSA) is 172 Å². The molecule has 3 fully saturated rings. The molecular weight excluding hydrogens is 821 g/mol. The van der Waals surface area contributed by atoms with Crippen molar-refractivity contribution in [2.75, 3.05) is 36.5 Å². The minimum absolute atomic E-state index is 0.0107. The molecule has 6 atom stereocenters. The summed E-state index contributed by atoms with van der Waals surface area (Å²) in [5.41, 5.74) is 4.86. The second-order valence-corrected chi connectivity index (χ2v) is 21.3. The summed E-state index contributed by atoms with van der Waals surface area (Å²) in [6.07, 6.45) is 12.9. The number of aliphatic carboxylic acids is 2. The van der Waals surface area contributed by atoms with Gasteiger partial charge in [-0.15, -0.1) is 35.3 Å². The van der Waals surface area contributed by atoms with Gasteiger partial charge in [-0.05, 0) is 74.9 Å². The predicted molar refractivity (Wildman–Crippen MR) is 239 cm³/mol. The Bertz CT molecular complexity index is 1800. The molecule has 1 aromatic carbocycles. The number of hydrogen-bond acceptors (Lipinski definition) is 11. The lowest BCUT2D eigenvalue weighted by molar-refractivity contribution is -0.149. The summed E-state index contributed by atoms with van der Waals surface area (Å²) in [6.45, 7) is 4.74. The molecule has 13 nitrogen and oxygen atoms in total. The van der Waals surface area contributed by atoms with E-state index < -0.39 is 46.0 Å². The van der Waals surface area contributed by atoms with E-state index in [0.717, 1.165) is 74.8 Å². The minimum Gasteiger partial charge on any atom is -0.480 e. The Labute approximate surface area is 367 Å². The van der Waals surface area contributed by atoms with Crippen LogP contribution in [0.2, 0.25) is 0 Å². The van der Waals surface area contributed by atoms with E-state index in [1.165, 1.54) is 40.3 Å². The molecule has 1 aromatic heterocycles. The number of carboxylic acids is 2. The number of pyridine rings is 1. The van der Waals surface area contributed by atoms with Crippen LogP contribution < -0.4 is 15.6 Å². The third-order valence-electron chi connectivity index (χ3n) is 12.4. The molecule has 4 unspecified atom stereocenters. The van der Waals surface area contributed by atoms with Gasteiger partial charge in [0.05, 0.1) is 23.7 Å². The monoisotopic (exact) mass is 882 g/mol. The molecule has 0 spiro atoms. The van der Waals surface area contributed by atoms with Crippen LogP contribution in [0.4, 0.5) is 5.69 Å². The summed E-state index contributed by atoms with van der Waals surface area (Å²) in [5, 5.41) is 25.9. The third kappa shape index (κ3) is 11.6. The van der Waals surface area contributed by atoms with Crippen LogP contribution in [0.5, 0.6) is 0 Å². The Kier molecular flexibility index (Phi) is 16.7. The van der Waals surface area contributed by atoms with Crippen molar-refractivity contribution in [2.24, 2.45) is 11.8 Å². The summed E-state index contributed by atoms with van der Waals surface area (Å²) >= 11 is 4.33. The normalized spacial score (nSPS) is 24.3. The van der Waals surface area contributed by atoms with E-state index in [2.05, 4.69) is 27.7 Å². The van der Waals surface area contributed by atoms with E-state index >= 15 is 4.79 Å². The summed E-state index contributed by atoms with van der Waals surface area (Å²) in [4.78, 5) is 78.8. The van der Waals surface area contributed by atoms with Gasteiger partial charge in [-0.25, -0.2) is 15.0 Å². The summed E-state index contributed by atoms with van der Waals surface area (Å²) in [6, 6.07) is 8.08. The number of nitrogens with zero attached hydrogens (tertiary/aromatic N) is 4. The number of amides is 3. The maximum Gasteiger partial charge on any atom is 0.331 e. The molecule has 328 valence electrons. The fraction of sp³-hybridized carbons (Fsp3) is 0.636. The van der Waals surface area contributed by atoms with Crippen LogP contribution in [0, 0.1) is 11.8 Å². The van der Waals surface area contributed by atoms with Crippen LogP contribution in [0.3, 0.4) is 0 Å². The number of thioether (sulfide) groups is 3. The number of benzene rings is 1. The zero-order chi connectivity index (χ0) is 42.8. The lowest BCUT2D eigenvalue weighted by Crippen LogP contribution is -2.66. The van der Waals surface area contributed by atoms with Crippen LogP contribution in [0.25, 0.3) is 0 Å². The largest absolute Gasteiger partial charge is 0.480 e. The quantitative estimate of drug-likeness (QED) is 0.123. The molecule has 2 aromatic rings. The van der Waals surface area contributed by atoms with Crippen molar-refractivity contribution in [3.63, 3.8) is 0 Å². The SMILES string of the molecule is CC(C)C[C@H](NC(=O)[C@H](Cc1ccccc1)N(NC(CC1CCCCC1)C1(C(=O)O)SCCC(C2CCCCN2C)S1)C(=O)CCN1C(=O)CSc2ccncc21)C(=O)O. The van der Waals surface area contributed by atoms with Crippen LogP contribution in [-0.4, -0.2) is 120 Å². The molecule has 1 saturated carbocycles. The fourth-order valence-electron chi connectivity index (χ4n) is 9.21. The van der Waals surface area contributed by atoms with E-state index in [1.807, 2.05) is 50.2 Å². The predicted octanol–water partition coefficient (Wildman–Crippen LogP) is 6.31. The molecule has 16 heteroatoms. The van der Waals surface area contributed by atoms with Crippen LogP contribution >= 0.6 is 35.3 Å². The van der Waals surface area contributed by atoms with Gasteiger partial charge in [-0.3, -0.25) is 24.4 Å². The number of rotatable bonds is 18. The number of piperidine rings is 1. The third-order valence-corrected chi connectivity index (χ3v) is 17.1. The second-order valence-electron chi connectivity index (χ2n) is 17.2. The van der Waals surface area contributed by atoms with Crippen molar-refractivity contribution >= 4 is 70.6 Å². The first-order chi connectivity index (χ1) is 28.9. The Morgan fingerprint density at radius 1 is 1.00 bits per heavy atom. The van der Waals surface area contributed by atoms with Crippen molar-refractivity contribution in [3.05, 3.63) is 54.4 Å². The highest BCUT2D eigenvalue weighted by atomic mass is 32.2. The highest BCUT2D eigenvalue weighted by molar-refractivity contribution is 8.20. The number of aromatic nitrogens is 1. The van der Waals surface area contributed by atoms with Crippen LogP contribution in [-0.2, 0) is 30.4 Å². The van der Waals surface area contributed by atoms with Gasteiger partial charge < -0.3 is 25.3 Å². The van der Waals surface area contributed by atoms with Gasteiger partial charge in [-0.1, -0.05) is 82.7 Å². The van der Waals surface area contributed by atoms with Crippen molar-refractivity contribution in [3.8, 4) is 0 Å². The Hall–Kier alpha value is -3.31. The van der Waals surface area contributed by atoms with Gasteiger partial charge in [0.15, 0.2) is 4.08 Å². The Morgan fingerprint density at radius 2 is 1.75 bits per heavy atom. The molecular formula is C44H62N6O7S3. The van der Waals surface area contributed by atoms with Crippen molar-refractivity contribution < 1.29 is 34.2 Å². The molecule has 4 heterocycles. The molecule has 60 heavy (non-hydrogen) atoms. The molecule has 0 bridgehead atoms. The van der Waals surface area contributed by atoms with Crippen molar-refractivity contribution in [1.29, 1.82) is 0 Å². The second kappa shape index (κ2) is 21.7. The zero-order valence-corrected chi connectivity index (χ0v) is 37.6. The number of nitrogens with one attached hydrogen (secondary N) is 2. The molecule has 1 aliphatic carbocycles. The lowest BCUT2D eigenvalue weighted by Gasteiger charge is -2.49. The molecule has 2 saturated heterocycles. The van der Waals surface area contributed by atoms with Gasteiger partial charge in [0, 0.05) is 41.8 Å². The number of carbonyl (C=O) groups is 5. The molecule has 4 aliphatic rings. The fourth-order valence-corrected chi connectivity index (χ4v) is 13.9. The average molecular weight is 883 g/mol. The first-order valence-corrected chi connectivity index (χ1v) is 24.5. The number of anilines is 1. The number of fused-ring (bicyclic) bond motifs is 1. The van der Waals surface area contributed by atoms with E-state index in [0.29, 0.717) is 17.9 Å². The van der Waals surface area contributed by atoms with E-state index in [1.54, 1.807) is 17.3 Å². The summed E-state index contributed by atoms with van der Waals surface area (Å²) in [5.74, 6) is -2.46. The first-order valence-electron chi connectivity index (χ1n) is 21.6. The first kappa shape index (κ1) is 46.2. The maximum absolute atomic E-state index is 15.1. The molecule has 4 N–H and O–H groups in total. The van der Waals surface area contributed by atoms with Crippen molar-refractivity contribution in [1.82, 2.24) is 25.6 Å². The number of carboxylic acid groups (broad SMARTS) is 2. The number of hydrazine groups is 1. The number of carbonyl (C=O) groups excluding carboxylic acids is 3. The molecule has 6 rings (SSSR count). The molecule has 0 radical (unpaired) electrons. The molecule has 3 amide bonds. The van der Waals surface area contributed by atoms with Gasteiger partial charge in [-0.2, -0.15) is 0 Å². The van der Waals surface area contributed by atoms with Crippen molar-refractivity contribution in [2.45, 2.75) is 136 Å². The minimum atomic E-state index is -1.39. The van der Waals surface area contributed by atoms with E-state index in [9.17, 15) is 29.4 Å². The molecule has 3 aliphatic heterocycles. The number of hydrogen-bond donors (Lipinski definition) is 4. The highest BCUT2D eigenvalue weighted by Gasteiger charge is 2.54.